The third-order valence-electron chi connectivity index (χ3n) is 6.77. The average molecular weight is 461 g/mol. The Bertz CT molecular complexity index is 1320. The van der Waals surface area contributed by atoms with Crippen molar-refractivity contribution in [2.75, 3.05) is 26.8 Å². The molecule has 1 fully saturated rings. The molecule has 2 N–H and O–H groups in total. The van der Waals surface area contributed by atoms with Gasteiger partial charge >= 0.3 is 0 Å². The molecular formula is C26H32N6O2. The lowest BCUT2D eigenvalue weighted by molar-refractivity contribution is 0.0717. The lowest BCUT2D eigenvalue weighted by Gasteiger charge is -2.26. The van der Waals surface area contributed by atoms with Gasteiger partial charge in [-0.15, -0.1) is 10.2 Å². The lowest BCUT2D eigenvalue weighted by Crippen LogP contribution is -2.39. The summed E-state index contributed by atoms with van der Waals surface area (Å²) in [7, 11) is 1.68. The van der Waals surface area contributed by atoms with Crippen molar-refractivity contribution >= 4 is 16.6 Å². The Morgan fingerprint density at radius 3 is 2.71 bits per heavy atom. The Morgan fingerprint density at radius 1 is 1.12 bits per heavy atom. The fourth-order valence-corrected chi connectivity index (χ4v) is 4.48. The molecule has 3 aromatic heterocycles. The van der Waals surface area contributed by atoms with E-state index >= 15 is 0 Å². The van der Waals surface area contributed by atoms with Gasteiger partial charge in [0.05, 0.1) is 11.6 Å². The predicted molar refractivity (Wildman–Crippen MR) is 133 cm³/mol. The van der Waals surface area contributed by atoms with Crippen molar-refractivity contribution < 1.29 is 9.47 Å². The molecule has 0 saturated carbocycles. The first-order valence-corrected chi connectivity index (χ1v) is 11.8. The van der Waals surface area contributed by atoms with Crippen molar-refractivity contribution in [2.24, 2.45) is 5.73 Å². The van der Waals surface area contributed by atoms with E-state index in [0.717, 1.165) is 53.3 Å². The molecule has 34 heavy (non-hydrogen) atoms. The molecule has 0 spiro atoms. The van der Waals surface area contributed by atoms with E-state index in [9.17, 15) is 0 Å². The minimum absolute atomic E-state index is 0.0214. The highest BCUT2D eigenvalue weighted by Gasteiger charge is 2.32. The SMILES string of the molecule is CO[C@H](C)COc1ccc2ccc(-c3nnc4ccc([C@@H](C)N5CC[C@](C)(N)C5)cn34)nc2c1. The first-order valence-electron chi connectivity index (χ1n) is 11.8. The summed E-state index contributed by atoms with van der Waals surface area (Å²) in [5, 5.41) is 9.87. The van der Waals surface area contributed by atoms with E-state index in [4.69, 9.17) is 20.2 Å². The van der Waals surface area contributed by atoms with Gasteiger partial charge < -0.3 is 15.2 Å². The third-order valence-corrected chi connectivity index (χ3v) is 6.77. The van der Waals surface area contributed by atoms with E-state index in [0.29, 0.717) is 6.61 Å². The van der Waals surface area contributed by atoms with Crippen LogP contribution in [-0.2, 0) is 4.74 Å². The highest BCUT2D eigenvalue weighted by molar-refractivity contribution is 5.82. The maximum Gasteiger partial charge on any atom is 0.187 e. The van der Waals surface area contributed by atoms with Crippen LogP contribution < -0.4 is 10.5 Å². The number of methoxy groups -OCH3 is 1. The number of pyridine rings is 2. The first kappa shape index (κ1) is 22.7. The van der Waals surface area contributed by atoms with Crippen LogP contribution in [0.3, 0.4) is 0 Å². The zero-order chi connectivity index (χ0) is 23.9. The Labute approximate surface area is 199 Å². The summed E-state index contributed by atoms with van der Waals surface area (Å²) < 4.78 is 13.2. The number of hydrogen-bond acceptors (Lipinski definition) is 7. The molecule has 178 valence electrons. The second-order valence-electron chi connectivity index (χ2n) is 9.67. The van der Waals surface area contributed by atoms with E-state index in [-0.39, 0.29) is 17.7 Å². The van der Waals surface area contributed by atoms with Crippen LogP contribution >= 0.6 is 0 Å². The van der Waals surface area contributed by atoms with Gasteiger partial charge in [-0.3, -0.25) is 9.30 Å². The van der Waals surface area contributed by atoms with E-state index in [1.165, 1.54) is 5.56 Å². The number of ether oxygens (including phenoxy) is 2. The molecule has 0 aliphatic carbocycles. The van der Waals surface area contributed by atoms with Gasteiger partial charge in [-0.1, -0.05) is 12.1 Å². The number of nitrogens with two attached hydrogens (primary N) is 1. The molecule has 5 rings (SSSR count). The quantitative estimate of drug-likeness (QED) is 0.448. The number of aromatic nitrogens is 4. The van der Waals surface area contributed by atoms with Crippen LogP contribution in [0.4, 0.5) is 0 Å². The average Bonchev–Trinajstić information content (AvgIpc) is 3.43. The molecule has 1 aliphatic heterocycles. The number of hydrogen-bond donors (Lipinski definition) is 1. The smallest absolute Gasteiger partial charge is 0.187 e. The van der Waals surface area contributed by atoms with Gasteiger partial charge in [0.25, 0.3) is 0 Å². The first-order chi connectivity index (χ1) is 16.3. The molecular weight excluding hydrogens is 428 g/mol. The summed E-state index contributed by atoms with van der Waals surface area (Å²) in [5.74, 6) is 1.48. The van der Waals surface area contributed by atoms with E-state index in [1.807, 2.05) is 41.7 Å². The molecule has 4 heterocycles. The fourth-order valence-electron chi connectivity index (χ4n) is 4.48. The number of nitrogens with zero attached hydrogens (tertiary/aromatic N) is 5. The molecule has 0 radical (unpaired) electrons. The lowest BCUT2D eigenvalue weighted by atomic mass is 10.0. The number of benzene rings is 1. The maximum atomic E-state index is 6.36. The van der Waals surface area contributed by atoms with Crippen LogP contribution in [0.15, 0.2) is 48.7 Å². The summed E-state index contributed by atoms with van der Waals surface area (Å²) >= 11 is 0. The van der Waals surface area contributed by atoms with Crippen LogP contribution in [0.1, 0.15) is 38.8 Å². The van der Waals surface area contributed by atoms with Crippen LogP contribution in [-0.4, -0.2) is 62.9 Å². The van der Waals surface area contributed by atoms with E-state index in [1.54, 1.807) is 7.11 Å². The summed E-state index contributed by atoms with van der Waals surface area (Å²) in [6, 6.07) is 14.4. The van der Waals surface area contributed by atoms with Gasteiger partial charge in [0, 0.05) is 49.4 Å². The maximum absolute atomic E-state index is 6.36. The Balaban J connectivity index is 1.46. The summed E-state index contributed by atoms with van der Waals surface area (Å²) in [6.45, 7) is 8.70. The molecule has 3 atom stereocenters. The Morgan fingerprint density at radius 2 is 1.94 bits per heavy atom. The van der Waals surface area contributed by atoms with Gasteiger partial charge in [0.15, 0.2) is 11.5 Å². The van der Waals surface area contributed by atoms with Gasteiger partial charge in [-0.25, -0.2) is 4.98 Å². The molecule has 0 unspecified atom stereocenters. The number of rotatable bonds is 7. The van der Waals surface area contributed by atoms with Crippen LogP contribution in [0, 0.1) is 0 Å². The zero-order valence-electron chi connectivity index (χ0n) is 20.2. The van der Waals surface area contributed by atoms with E-state index < -0.39 is 0 Å². The second-order valence-corrected chi connectivity index (χ2v) is 9.67. The molecule has 1 aliphatic rings. The number of fused-ring (bicyclic) bond motifs is 2. The molecule has 1 saturated heterocycles. The van der Waals surface area contributed by atoms with Gasteiger partial charge in [0.2, 0.25) is 0 Å². The van der Waals surface area contributed by atoms with Crippen molar-refractivity contribution in [3.63, 3.8) is 0 Å². The highest BCUT2D eigenvalue weighted by Crippen LogP contribution is 2.29. The largest absolute Gasteiger partial charge is 0.491 e. The van der Waals surface area contributed by atoms with Gasteiger partial charge in [0.1, 0.15) is 18.1 Å². The molecule has 0 bridgehead atoms. The van der Waals surface area contributed by atoms with Gasteiger partial charge in [-0.05, 0) is 57.0 Å². The Hall–Kier alpha value is -3.07. The molecule has 1 aromatic carbocycles. The Kier molecular flexibility index (Phi) is 5.97. The predicted octanol–water partition coefficient (Wildman–Crippen LogP) is 3.84. The van der Waals surface area contributed by atoms with Crippen LogP contribution in [0.5, 0.6) is 5.75 Å². The monoisotopic (exact) mass is 460 g/mol. The standard InChI is InChI=1S/C26H32N6O2/c1-17(33-4)15-34-21-8-5-19-6-9-22(28-23(19)13-21)25-30-29-24-10-7-20(14-32(24)25)18(2)31-12-11-26(3,27)16-31/h5-10,13-14,17-18H,11-12,15-16,27H2,1-4H3/t17-,18-,26+/m1/s1. The minimum Gasteiger partial charge on any atom is -0.491 e. The van der Waals surface area contributed by atoms with Crippen LogP contribution in [0.25, 0.3) is 28.1 Å². The minimum atomic E-state index is -0.126. The zero-order valence-corrected chi connectivity index (χ0v) is 20.2. The third kappa shape index (κ3) is 4.49. The fraction of sp³-hybridized carbons (Fsp3) is 0.423. The molecule has 8 heteroatoms. The topological polar surface area (TPSA) is 90.8 Å². The molecule has 8 nitrogen and oxygen atoms in total. The van der Waals surface area contributed by atoms with Gasteiger partial charge in [-0.2, -0.15) is 0 Å². The summed E-state index contributed by atoms with van der Waals surface area (Å²) in [5.41, 5.74) is 9.85. The highest BCUT2D eigenvalue weighted by atomic mass is 16.5. The van der Waals surface area contributed by atoms with Crippen molar-refractivity contribution in [1.82, 2.24) is 24.5 Å². The van der Waals surface area contributed by atoms with E-state index in [2.05, 4.69) is 47.3 Å². The van der Waals surface area contributed by atoms with Crippen molar-refractivity contribution in [2.45, 2.75) is 44.9 Å². The molecule has 4 aromatic rings. The molecule has 0 amide bonds. The van der Waals surface area contributed by atoms with Crippen molar-refractivity contribution in [3.05, 3.63) is 54.2 Å². The normalized spacial score (nSPS) is 20.7. The second kappa shape index (κ2) is 8.94. The van der Waals surface area contributed by atoms with Crippen LogP contribution in [0.2, 0.25) is 0 Å². The van der Waals surface area contributed by atoms with Crippen molar-refractivity contribution in [1.29, 1.82) is 0 Å². The number of likely N-dealkylation sites (tertiary alicyclic amines) is 1. The summed E-state index contributed by atoms with van der Waals surface area (Å²) in [4.78, 5) is 7.32. The summed E-state index contributed by atoms with van der Waals surface area (Å²) in [6.07, 6.45) is 3.15. The van der Waals surface area contributed by atoms with Crippen molar-refractivity contribution in [3.8, 4) is 17.3 Å².